The fraction of sp³-hybridized carbons (Fsp3) is 0.360. The summed E-state index contributed by atoms with van der Waals surface area (Å²) in [5.74, 6) is -0.0700. The molecule has 1 N–H and O–H groups in total. The molecule has 9 heteroatoms. The van der Waals surface area contributed by atoms with Crippen LogP contribution >= 0.6 is 23.2 Å². The largest absolute Gasteiger partial charge is 0.396 e. The van der Waals surface area contributed by atoms with E-state index in [0.717, 1.165) is 36.0 Å². The van der Waals surface area contributed by atoms with E-state index in [1.165, 1.54) is 10.2 Å². The first-order valence-corrected chi connectivity index (χ1v) is 12.0. The highest BCUT2D eigenvalue weighted by Gasteiger charge is 2.35. The van der Waals surface area contributed by atoms with Crippen LogP contribution < -0.4 is 0 Å². The smallest absolute Gasteiger partial charge is 0.166 e. The third-order valence-corrected chi connectivity index (χ3v) is 7.19. The third kappa shape index (κ3) is 4.24. The van der Waals surface area contributed by atoms with Gasteiger partial charge in [0.15, 0.2) is 5.78 Å². The maximum absolute atomic E-state index is 13.4. The summed E-state index contributed by atoms with van der Waals surface area (Å²) in [6, 6.07) is 7.55. The predicted molar refractivity (Wildman–Crippen MR) is 131 cm³/mol. The lowest BCUT2D eigenvalue weighted by molar-refractivity contribution is 0.0909. The molecule has 0 saturated carbocycles. The number of pyridine rings is 1. The number of Topliss-reactive ketones (excluding diaryl/α,β-unsaturated/α-hetero) is 1. The Balaban J connectivity index is 1.39. The Labute approximate surface area is 207 Å². The molecule has 176 valence electrons. The number of nitrogens with zero attached hydrogens (tertiary/aromatic N) is 5. The molecule has 5 rings (SSSR count). The monoisotopic (exact) mass is 497 g/mol. The highest BCUT2D eigenvalue weighted by molar-refractivity contribution is 6.40. The third-order valence-electron chi connectivity index (χ3n) is 6.60. The number of halogens is 2. The van der Waals surface area contributed by atoms with Crippen LogP contribution in [-0.2, 0) is 19.3 Å². The number of rotatable bonds is 6. The highest BCUT2D eigenvalue weighted by atomic mass is 35.5. The quantitative estimate of drug-likeness (QED) is 0.385. The van der Waals surface area contributed by atoms with E-state index in [4.69, 9.17) is 33.4 Å². The van der Waals surface area contributed by atoms with E-state index >= 15 is 0 Å². The molecular weight excluding hydrogens is 473 g/mol. The van der Waals surface area contributed by atoms with Crippen molar-refractivity contribution in [2.45, 2.75) is 46.0 Å². The summed E-state index contributed by atoms with van der Waals surface area (Å²) < 4.78 is 3.49. The second-order valence-corrected chi connectivity index (χ2v) is 10.3. The standard InChI is InChI=1S/C25H25Cl2N5O2/c1-15-3-4-22-18-11-25(2,7-5-21(18)29-32(22)13-15)12-23(34)24-19(26)9-17(10-20(24)27)31-14-16(6-8-33)28-30-31/h3-4,9-10,13-14,33H,5-8,11-12H2,1-2H3. The molecule has 34 heavy (non-hydrogen) atoms. The number of aryl methyl sites for hydroxylation is 2. The fourth-order valence-corrected chi connectivity index (χ4v) is 5.51. The molecule has 3 heterocycles. The summed E-state index contributed by atoms with van der Waals surface area (Å²) >= 11 is 13.1. The van der Waals surface area contributed by atoms with Gasteiger partial charge in [-0.3, -0.25) is 4.79 Å². The Kier molecular flexibility index (Phi) is 5.96. The second-order valence-electron chi connectivity index (χ2n) is 9.46. The number of hydrogen-bond acceptors (Lipinski definition) is 5. The van der Waals surface area contributed by atoms with Gasteiger partial charge in [0.25, 0.3) is 0 Å². The highest BCUT2D eigenvalue weighted by Crippen LogP contribution is 2.41. The minimum Gasteiger partial charge on any atom is -0.396 e. The van der Waals surface area contributed by atoms with Gasteiger partial charge in [0, 0.05) is 31.2 Å². The molecule has 0 aliphatic heterocycles. The SMILES string of the molecule is Cc1ccc2c3c(nn2c1)CCC(C)(CC(=O)c1c(Cl)cc(-n2cc(CCO)nn2)cc1Cl)C3. The van der Waals surface area contributed by atoms with Crippen LogP contribution in [0.1, 0.15) is 52.6 Å². The van der Waals surface area contributed by atoms with Crippen molar-refractivity contribution >= 4 is 34.5 Å². The number of aromatic nitrogens is 5. The van der Waals surface area contributed by atoms with Crippen LogP contribution in [0.5, 0.6) is 0 Å². The average Bonchev–Trinajstić information content (AvgIpc) is 3.37. The predicted octanol–water partition coefficient (Wildman–Crippen LogP) is 4.83. The zero-order chi connectivity index (χ0) is 24.0. The van der Waals surface area contributed by atoms with E-state index in [1.54, 1.807) is 18.3 Å². The number of ketones is 1. The van der Waals surface area contributed by atoms with Gasteiger partial charge in [-0.05, 0) is 55.4 Å². The van der Waals surface area contributed by atoms with Gasteiger partial charge in [-0.25, -0.2) is 9.20 Å². The molecule has 0 saturated heterocycles. The number of aliphatic hydroxyl groups is 1. The lowest BCUT2D eigenvalue weighted by Gasteiger charge is -2.32. The Morgan fingerprint density at radius 1 is 1.21 bits per heavy atom. The van der Waals surface area contributed by atoms with E-state index in [0.29, 0.717) is 39.8 Å². The lowest BCUT2D eigenvalue weighted by atomic mass is 9.71. The summed E-state index contributed by atoms with van der Waals surface area (Å²) in [6.45, 7) is 4.20. The van der Waals surface area contributed by atoms with Gasteiger partial charge in [0.1, 0.15) is 0 Å². The molecule has 1 aliphatic carbocycles. The summed E-state index contributed by atoms with van der Waals surface area (Å²) in [5.41, 5.74) is 5.99. The van der Waals surface area contributed by atoms with Crippen molar-refractivity contribution in [2.75, 3.05) is 6.61 Å². The van der Waals surface area contributed by atoms with E-state index in [9.17, 15) is 4.79 Å². The topological polar surface area (TPSA) is 85.3 Å². The summed E-state index contributed by atoms with van der Waals surface area (Å²) in [6.07, 6.45) is 6.98. The van der Waals surface area contributed by atoms with Crippen LogP contribution in [0.3, 0.4) is 0 Å². The molecule has 7 nitrogen and oxygen atoms in total. The lowest BCUT2D eigenvalue weighted by Crippen LogP contribution is -2.28. The van der Waals surface area contributed by atoms with Gasteiger partial charge in [-0.2, -0.15) is 5.10 Å². The Bertz CT molecular complexity index is 1390. The molecule has 1 aliphatic rings. The van der Waals surface area contributed by atoms with Gasteiger partial charge in [-0.1, -0.05) is 41.4 Å². The van der Waals surface area contributed by atoms with Gasteiger partial charge in [-0.15, -0.1) is 5.10 Å². The summed E-state index contributed by atoms with van der Waals surface area (Å²) in [5, 5.41) is 22.5. The molecule has 0 radical (unpaired) electrons. The molecule has 1 aromatic carbocycles. The zero-order valence-electron chi connectivity index (χ0n) is 19.1. The van der Waals surface area contributed by atoms with Crippen molar-refractivity contribution in [1.29, 1.82) is 0 Å². The van der Waals surface area contributed by atoms with Gasteiger partial charge in [0.2, 0.25) is 0 Å². The van der Waals surface area contributed by atoms with Crippen molar-refractivity contribution in [1.82, 2.24) is 24.6 Å². The number of fused-ring (bicyclic) bond motifs is 3. The normalized spacial score (nSPS) is 17.8. The van der Waals surface area contributed by atoms with Crippen LogP contribution in [0.4, 0.5) is 0 Å². The van der Waals surface area contributed by atoms with Gasteiger partial charge >= 0.3 is 0 Å². The van der Waals surface area contributed by atoms with Crippen LogP contribution in [0.15, 0.2) is 36.7 Å². The minimum absolute atomic E-state index is 0.0111. The molecule has 0 fully saturated rings. The number of hydrogen-bond donors (Lipinski definition) is 1. The first-order chi connectivity index (χ1) is 16.3. The van der Waals surface area contributed by atoms with E-state index in [2.05, 4.69) is 36.3 Å². The van der Waals surface area contributed by atoms with E-state index in [1.807, 2.05) is 10.7 Å². The molecular formula is C25H25Cl2N5O2. The number of carbonyl (C=O) groups is 1. The average molecular weight is 498 g/mol. The number of carbonyl (C=O) groups excluding carboxylic acids is 1. The molecule has 0 amide bonds. The maximum Gasteiger partial charge on any atom is 0.166 e. The number of benzene rings is 1. The summed E-state index contributed by atoms with van der Waals surface area (Å²) in [7, 11) is 0. The Hall–Kier alpha value is -2.74. The summed E-state index contributed by atoms with van der Waals surface area (Å²) in [4.78, 5) is 13.4. The second kappa shape index (κ2) is 8.80. The van der Waals surface area contributed by atoms with Crippen molar-refractivity contribution < 1.29 is 9.90 Å². The van der Waals surface area contributed by atoms with Crippen molar-refractivity contribution in [3.05, 3.63) is 74.8 Å². The van der Waals surface area contributed by atoms with Crippen LogP contribution in [0, 0.1) is 12.3 Å². The Morgan fingerprint density at radius 2 is 1.97 bits per heavy atom. The van der Waals surface area contributed by atoms with Crippen molar-refractivity contribution in [3.8, 4) is 5.69 Å². The molecule has 1 atom stereocenters. The van der Waals surface area contributed by atoms with Gasteiger partial charge < -0.3 is 5.11 Å². The van der Waals surface area contributed by atoms with Crippen molar-refractivity contribution in [3.63, 3.8) is 0 Å². The fourth-order valence-electron chi connectivity index (χ4n) is 4.82. The van der Waals surface area contributed by atoms with Gasteiger partial charge in [0.05, 0.1) is 44.4 Å². The van der Waals surface area contributed by atoms with E-state index < -0.39 is 0 Å². The molecule has 1 unspecified atom stereocenters. The van der Waals surface area contributed by atoms with Crippen LogP contribution in [0.2, 0.25) is 10.0 Å². The van der Waals surface area contributed by atoms with E-state index in [-0.39, 0.29) is 17.8 Å². The molecule has 0 spiro atoms. The Morgan fingerprint density at radius 3 is 2.71 bits per heavy atom. The zero-order valence-corrected chi connectivity index (χ0v) is 20.6. The van der Waals surface area contributed by atoms with Crippen LogP contribution in [0.25, 0.3) is 11.2 Å². The van der Waals surface area contributed by atoms with Crippen molar-refractivity contribution in [2.24, 2.45) is 5.41 Å². The first-order valence-electron chi connectivity index (χ1n) is 11.3. The molecule has 4 aromatic rings. The maximum atomic E-state index is 13.4. The molecule has 0 bridgehead atoms. The molecule has 3 aromatic heterocycles. The number of aliphatic hydroxyl groups excluding tert-OH is 1. The first kappa shape index (κ1) is 23.0. The minimum atomic E-state index is -0.213. The van der Waals surface area contributed by atoms with Crippen LogP contribution in [-0.4, -0.2) is 42.1 Å².